The van der Waals surface area contributed by atoms with Crippen molar-refractivity contribution in [2.75, 3.05) is 19.7 Å². The molecule has 262 valence electrons. The standard InChI is InChI=1S/C37H38ClN3O9/c1-37(2,3)50-32(43)14-13-29(41-36(47)48-20-27-24-11-6-4-9-22(24)23-10-5-7-12-25(23)27)34(45)40-16-8-15-39-33(44)26-17-21-18-28(38)30(42)19-31(21)49-35(26)46/h4-7,9-12,17-19,27,29,42H,8,13-16,20H2,1-3H3,(H,39,44)(H,40,45)(H,41,47). The number of ether oxygens (including phenoxy) is 2. The molecule has 0 saturated carbocycles. The largest absolute Gasteiger partial charge is 0.506 e. The SMILES string of the molecule is CC(C)(C)OC(=O)CCC(NC(=O)OCC1c2ccccc2-c2ccccc21)C(=O)NCCCNC(=O)c1cc2cc(Cl)c(O)cc2oc1=O. The van der Waals surface area contributed by atoms with Gasteiger partial charge < -0.3 is 34.9 Å². The second-order valence-corrected chi connectivity index (χ2v) is 13.2. The Morgan fingerprint density at radius 2 is 1.58 bits per heavy atom. The zero-order valence-electron chi connectivity index (χ0n) is 27.8. The first-order valence-electron chi connectivity index (χ1n) is 16.2. The fraction of sp³-hybridized carbons (Fsp3) is 0.324. The molecule has 1 aliphatic carbocycles. The number of phenols is 1. The molecular weight excluding hydrogens is 666 g/mol. The molecule has 12 nitrogen and oxygen atoms in total. The molecule has 4 aromatic rings. The van der Waals surface area contributed by atoms with Crippen molar-refractivity contribution in [3.63, 3.8) is 0 Å². The van der Waals surface area contributed by atoms with Gasteiger partial charge in [0.25, 0.3) is 5.91 Å². The maximum Gasteiger partial charge on any atom is 0.407 e. The Balaban J connectivity index is 1.15. The van der Waals surface area contributed by atoms with Crippen LogP contribution in [0.25, 0.3) is 22.1 Å². The predicted molar refractivity (Wildman–Crippen MR) is 186 cm³/mol. The fourth-order valence-corrected chi connectivity index (χ4v) is 5.89. The van der Waals surface area contributed by atoms with Crippen LogP contribution in [0.2, 0.25) is 5.02 Å². The Hall–Kier alpha value is -5.36. The first-order valence-corrected chi connectivity index (χ1v) is 16.5. The van der Waals surface area contributed by atoms with Gasteiger partial charge in [-0.2, -0.15) is 0 Å². The molecule has 0 aliphatic heterocycles. The average molecular weight is 704 g/mol. The first kappa shape index (κ1) is 35.9. The number of benzene rings is 3. The third-order valence-corrected chi connectivity index (χ3v) is 8.30. The van der Waals surface area contributed by atoms with Crippen molar-refractivity contribution < 1.29 is 38.2 Å². The summed E-state index contributed by atoms with van der Waals surface area (Å²) < 4.78 is 16.1. The van der Waals surface area contributed by atoms with E-state index in [1.165, 1.54) is 18.2 Å². The minimum Gasteiger partial charge on any atom is -0.506 e. The molecule has 3 amide bonds. The van der Waals surface area contributed by atoms with E-state index in [9.17, 15) is 29.1 Å². The van der Waals surface area contributed by atoms with Gasteiger partial charge in [0.15, 0.2) is 0 Å². The molecule has 3 aromatic carbocycles. The molecule has 13 heteroatoms. The number of esters is 1. The number of carbonyl (C=O) groups is 4. The zero-order chi connectivity index (χ0) is 36.0. The third kappa shape index (κ3) is 8.80. The van der Waals surface area contributed by atoms with Gasteiger partial charge in [-0.1, -0.05) is 60.1 Å². The van der Waals surface area contributed by atoms with Crippen molar-refractivity contribution in [2.24, 2.45) is 0 Å². The number of rotatable bonds is 12. The lowest BCUT2D eigenvalue weighted by Crippen LogP contribution is -2.48. The smallest absolute Gasteiger partial charge is 0.407 e. The van der Waals surface area contributed by atoms with Crippen molar-refractivity contribution in [3.05, 3.63) is 98.9 Å². The number of alkyl carbamates (subject to hydrolysis) is 1. The van der Waals surface area contributed by atoms with Gasteiger partial charge in [0, 0.05) is 36.9 Å². The second-order valence-electron chi connectivity index (χ2n) is 12.8. The van der Waals surface area contributed by atoms with E-state index in [1.807, 2.05) is 48.5 Å². The topological polar surface area (TPSA) is 173 Å². The van der Waals surface area contributed by atoms with Gasteiger partial charge in [-0.25, -0.2) is 9.59 Å². The maximum absolute atomic E-state index is 13.2. The summed E-state index contributed by atoms with van der Waals surface area (Å²) in [7, 11) is 0. The number of carbonyl (C=O) groups excluding carboxylic acids is 4. The van der Waals surface area contributed by atoms with Crippen LogP contribution in [-0.4, -0.2) is 60.3 Å². The van der Waals surface area contributed by atoms with Gasteiger partial charge in [0.05, 0.1) is 5.02 Å². The molecule has 0 spiro atoms. The number of phenolic OH excluding ortho intramolecular Hbond substituents is 1. The van der Waals surface area contributed by atoms with Crippen molar-refractivity contribution >= 4 is 46.4 Å². The maximum atomic E-state index is 13.2. The van der Waals surface area contributed by atoms with Gasteiger partial charge >= 0.3 is 17.7 Å². The summed E-state index contributed by atoms with van der Waals surface area (Å²) in [6, 6.07) is 18.6. The highest BCUT2D eigenvalue weighted by atomic mass is 35.5. The number of hydrogen-bond donors (Lipinski definition) is 4. The molecule has 1 unspecified atom stereocenters. The quantitative estimate of drug-likeness (QED) is 0.0854. The second kappa shape index (κ2) is 15.5. The monoisotopic (exact) mass is 703 g/mol. The fourth-order valence-electron chi connectivity index (χ4n) is 5.71. The van der Waals surface area contributed by atoms with Crippen LogP contribution in [0, 0.1) is 0 Å². The molecular formula is C37H38ClN3O9. The molecule has 50 heavy (non-hydrogen) atoms. The normalized spacial score (nSPS) is 12.8. The summed E-state index contributed by atoms with van der Waals surface area (Å²) in [6.07, 6.45) is -0.705. The van der Waals surface area contributed by atoms with E-state index in [-0.39, 0.29) is 66.8 Å². The summed E-state index contributed by atoms with van der Waals surface area (Å²) in [5, 5.41) is 18.0. The van der Waals surface area contributed by atoms with E-state index in [2.05, 4.69) is 16.0 Å². The molecule has 1 aromatic heterocycles. The number of aromatic hydroxyl groups is 1. The van der Waals surface area contributed by atoms with E-state index >= 15 is 0 Å². The summed E-state index contributed by atoms with van der Waals surface area (Å²) in [5.41, 5.74) is 2.45. The van der Waals surface area contributed by atoms with Gasteiger partial charge in [-0.15, -0.1) is 0 Å². The van der Waals surface area contributed by atoms with Crippen molar-refractivity contribution in [1.82, 2.24) is 16.0 Å². The highest BCUT2D eigenvalue weighted by Crippen LogP contribution is 2.44. The summed E-state index contributed by atoms with van der Waals surface area (Å²) in [4.78, 5) is 63.7. The Labute approximate surface area is 293 Å². The van der Waals surface area contributed by atoms with E-state index in [1.54, 1.807) is 20.8 Å². The molecule has 5 rings (SSSR count). The van der Waals surface area contributed by atoms with Crippen LogP contribution in [0.5, 0.6) is 5.75 Å². The lowest BCUT2D eigenvalue weighted by Gasteiger charge is -2.22. The minimum absolute atomic E-state index is 0.0333. The molecule has 1 aliphatic rings. The van der Waals surface area contributed by atoms with Crippen LogP contribution in [-0.2, 0) is 19.1 Å². The van der Waals surface area contributed by atoms with Crippen molar-refractivity contribution in [1.29, 1.82) is 0 Å². The molecule has 4 N–H and O–H groups in total. The first-order chi connectivity index (χ1) is 23.8. The molecule has 1 atom stereocenters. The average Bonchev–Trinajstić information content (AvgIpc) is 3.38. The summed E-state index contributed by atoms with van der Waals surface area (Å²) >= 11 is 5.93. The molecule has 0 bridgehead atoms. The lowest BCUT2D eigenvalue weighted by molar-refractivity contribution is -0.155. The van der Waals surface area contributed by atoms with Gasteiger partial charge in [0.1, 0.15) is 35.1 Å². The van der Waals surface area contributed by atoms with Crippen molar-refractivity contribution in [3.8, 4) is 16.9 Å². The van der Waals surface area contributed by atoms with E-state index in [4.69, 9.17) is 25.5 Å². The van der Waals surface area contributed by atoms with E-state index in [0.29, 0.717) is 5.39 Å². The highest BCUT2D eigenvalue weighted by molar-refractivity contribution is 6.32. The predicted octanol–water partition coefficient (Wildman–Crippen LogP) is 5.42. The van der Waals surface area contributed by atoms with E-state index in [0.717, 1.165) is 22.3 Å². The molecule has 1 heterocycles. The Bertz CT molecular complexity index is 1940. The summed E-state index contributed by atoms with van der Waals surface area (Å²) in [5.74, 6) is -2.21. The van der Waals surface area contributed by atoms with Crippen LogP contribution in [0.4, 0.5) is 4.79 Å². The van der Waals surface area contributed by atoms with Crippen LogP contribution >= 0.6 is 11.6 Å². The lowest BCUT2D eigenvalue weighted by atomic mass is 9.98. The Morgan fingerprint density at radius 3 is 2.24 bits per heavy atom. The number of halogens is 1. The Kier molecular flexibility index (Phi) is 11.1. The van der Waals surface area contributed by atoms with E-state index < -0.39 is 41.1 Å². The molecule has 0 fully saturated rings. The van der Waals surface area contributed by atoms with Gasteiger partial charge in [-0.05, 0) is 68.0 Å². The molecule has 0 radical (unpaired) electrons. The van der Waals surface area contributed by atoms with Crippen LogP contribution in [0.3, 0.4) is 0 Å². The number of fused-ring (bicyclic) bond motifs is 4. The summed E-state index contributed by atoms with van der Waals surface area (Å²) in [6.45, 7) is 5.44. The van der Waals surface area contributed by atoms with Gasteiger partial charge in [0.2, 0.25) is 5.91 Å². The number of hydrogen-bond acceptors (Lipinski definition) is 9. The molecule has 0 saturated heterocycles. The highest BCUT2D eigenvalue weighted by Gasteiger charge is 2.30. The zero-order valence-corrected chi connectivity index (χ0v) is 28.6. The number of nitrogens with one attached hydrogen (secondary N) is 3. The minimum atomic E-state index is -1.11. The Morgan fingerprint density at radius 1 is 0.940 bits per heavy atom. The van der Waals surface area contributed by atoms with Crippen LogP contribution in [0.1, 0.15) is 67.4 Å². The van der Waals surface area contributed by atoms with Gasteiger partial charge in [-0.3, -0.25) is 14.4 Å². The van der Waals surface area contributed by atoms with Crippen LogP contribution in [0.15, 0.2) is 75.9 Å². The van der Waals surface area contributed by atoms with Crippen molar-refractivity contribution in [2.45, 2.75) is 57.6 Å². The third-order valence-electron chi connectivity index (χ3n) is 7.99. The number of amides is 3. The van der Waals surface area contributed by atoms with Crippen LogP contribution < -0.4 is 21.6 Å².